The summed E-state index contributed by atoms with van der Waals surface area (Å²) >= 11 is 0. The maximum absolute atomic E-state index is 10.4. The van der Waals surface area contributed by atoms with Gasteiger partial charge in [0.15, 0.2) is 5.75 Å². The van der Waals surface area contributed by atoms with Crippen molar-refractivity contribution in [3.63, 3.8) is 0 Å². The highest BCUT2D eigenvalue weighted by Crippen LogP contribution is 2.31. The average Bonchev–Trinajstić information content (AvgIpc) is 2.93. The first-order valence-electron chi connectivity index (χ1n) is 5.49. The number of hydrogen-bond acceptors (Lipinski definition) is 4. The van der Waals surface area contributed by atoms with E-state index in [2.05, 4.69) is 5.10 Å². The Bertz CT molecular complexity index is 502. The van der Waals surface area contributed by atoms with E-state index < -0.39 is 6.10 Å². The first kappa shape index (κ1) is 11.7. The van der Waals surface area contributed by atoms with E-state index in [9.17, 15) is 5.11 Å². The second-order valence-corrected chi connectivity index (χ2v) is 3.78. The van der Waals surface area contributed by atoms with Crippen molar-refractivity contribution in [1.29, 1.82) is 0 Å². The van der Waals surface area contributed by atoms with E-state index >= 15 is 0 Å². The van der Waals surface area contributed by atoms with E-state index in [1.165, 1.54) is 0 Å². The summed E-state index contributed by atoms with van der Waals surface area (Å²) in [5.41, 5.74) is 1.39. The molecule has 17 heavy (non-hydrogen) atoms. The Hall–Kier alpha value is -1.75. The molecule has 0 fully saturated rings. The lowest BCUT2D eigenvalue weighted by Crippen LogP contribution is -2.08. The molecule has 5 heteroatoms. The maximum Gasteiger partial charge on any atom is 0.162 e. The lowest BCUT2D eigenvalue weighted by atomic mass is 10.1. The number of aromatic nitrogens is 2. The third-order valence-electron chi connectivity index (χ3n) is 2.82. The first-order valence-corrected chi connectivity index (χ1v) is 5.49. The Morgan fingerprint density at radius 2 is 2.35 bits per heavy atom. The van der Waals surface area contributed by atoms with Gasteiger partial charge in [-0.25, -0.2) is 0 Å². The number of rotatable bonds is 4. The quantitative estimate of drug-likeness (QED) is 0.877. The second kappa shape index (κ2) is 4.63. The molecular formula is C12H16N2O3. The fourth-order valence-corrected chi connectivity index (χ4v) is 1.92. The van der Waals surface area contributed by atoms with Crippen molar-refractivity contribution in [2.24, 2.45) is 7.05 Å². The molecule has 1 unspecified atom stereocenters. The molecule has 1 atom stereocenters. The average molecular weight is 236 g/mol. The first-order chi connectivity index (χ1) is 8.19. The monoisotopic (exact) mass is 236 g/mol. The molecule has 0 radical (unpaired) electrons. The molecule has 0 saturated carbocycles. The van der Waals surface area contributed by atoms with Crippen molar-refractivity contribution < 1.29 is 14.3 Å². The van der Waals surface area contributed by atoms with Gasteiger partial charge in [-0.1, -0.05) is 6.92 Å². The highest BCUT2D eigenvalue weighted by atomic mass is 16.5. The number of ether oxygens (including phenoxy) is 1. The van der Waals surface area contributed by atoms with Crippen LogP contribution >= 0.6 is 0 Å². The van der Waals surface area contributed by atoms with E-state index in [0.29, 0.717) is 11.4 Å². The third kappa shape index (κ3) is 1.93. The van der Waals surface area contributed by atoms with Gasteiger partial charge in [-0.3, -0.25) is 4.68 Å². The van der Waals surface area contributed by atoms with E-state index in [1.54, 1.807) is 37.4 Å². The molecule has 0 saturated heterocycles. The van der Waals surface area contributed by atoms with E-state index in [-0.39, 0.29) is 0 Å². The van der Waals surface area contributed by atoms with Gasteiger partial charge in [0, 0.05) is 19.0 Å². The number of hydrogen-bond donors (Lipinski definition) is 1. The van der Waals surface area contributed by atoms with E-state index in [4.69, 9.17) is 9.15 Å². The van der Waals surface area contributed by atoms with Crippen molar-refractivity contribution >= 4 is 0 Å². The predicted octanol–water partition coefficient (Wildman–Crippen LogP) is 1.67. The molecule has 1 N–H and O–H groups in total. The molecule has 2 aromatic rings. The van der Waals surface area contributed by atoms with Crippen LogP contribution in [0.1, 0.15) is 30.0 Å². The second-order valence-electron chi connectivity index (χ2n) is 3.78. The molecule has 0 aliphatic rings. The zero-order valence-corrected chi connectivity index (χ0v) is 10.2. The smallest absolute Gasteiger partial charge is 0.162 e. The summed E-state index contributed by atoms with van der Waals surface area (Å²) < 4.78 is 12.1. The van der Waals surface area contributed by atoms with Gasteiger partial charge in [0.2, 0.25) is 0 Å². The van der Waals surface area contributed by atoms with Crippen LogP contribution in [0.2, 0.25) is 0 Å². The molecule has 2 aromatic heterocycles. The standard InChI is InChI=1S/C12H16N2O3/c1-4-9-8(5-6-17-9)12(15)11-10(16-3)7-13-14(11)2/h5-7,12,15H,4H2,1-3H3. The van der Waals surface area contributed by atoms with Crippen molar-refractivity contribution in [3.05, 3.63) is 35.5 Å². The summed E-state index contributed by atoms with van der Waals surface area (Å²) in [6.45, 7) is 1.98. The predicted molar refractivity (Wildman–Crippen MR) is 61.9 cm³/mol. The molecule has 0 aromatic carbocycles. The molecule has 5 nitrogen and oxygen atoms in total. The Labute approximate surface area is 99.6 Å². The molecule has 0 aliphatic heterocycles. The van der Waals surface area contributed by atoms with Crippen molar-refractivity contribution in [2.45, 2.75) is 19.4 Å². The molecule has 0 bridgehead atoms. The minimum Gasteiger partial charge on any atom is -0.493 e. The van der Waals surface area contributed by atoms with Gasteiger partial charge in [0.25, 0.3) is 0 Å². The van der Waals surface area contributed by atoms with Crippen molar-refractivity contribution in [1.82, 2.24) is 9.78 Å². The summed E-state index contributed by atoms with van der Waals surface area (Å²) in [6, 6.07) is 1.77. The number of aryl methyl sites for hydroxylation is 2. The highest BCUT2D eigenvalue weighted by Gasteiger charge is 2.23. The van der Waals surface area contributed by atoms with Gasteiger partial charge in [-0.05, 0) is 6.07 Å². The number of nitrogens with zero attached hydrogens (tertiary/aromatic N) is 2. The minimum atomic E-state index is -0.786. The Morgan fingerprint density at radius 3 is 3.00 bits per heavy atom. The Morgan fingerprint density at radius 1 is 1.59 bits per heavy atom. The van der Waals surface area contributed by atoms with Crippen LogP contribution in [0.5, 0.6) is 5.75 Å². The number of methoxy groups -OCH3 is 1. The lowest BCUT2D eigenvalue weighted by molar-refractivity contribution is 0.201. The fourth-order valence-electron chi connectivity index (χ4n) is 1.92. The molecular weight excluding hydrogens is 220 g/mol. The van der Waals surface area contributed by atoms with Gasteiger partial charge in [0.05, 0.1) is 19.6 Å². The third-order valence-corrected chi connectivity index (χ3v) is 2.82. The molecule has 0 amide bonds. The molecule has 0 spiro atoms. The van der Waals surface area contributed by atoms with Crippen molar-refractivity contribution in [2.75, 3.05) is 7.11 Å². The van der Waals surface area contributed by atoms with Crippen LogP contribution in [-0.4, -0.2) is 22.0 Å². The van der Waals surface area contributed by atoms with E-state index in [1.807, 2.05) is 6.92 Å². The number of aliphatic hydroxyl groups is 1. The van der Waals surface area contributed by atoms with Crippen LogP contribution in [0.15, 0.2) is 22.9 Å². The van der Waals surface area contributed by atoms with Crippen LogP contribution in [0.25, 0.3) is 0 Å². The van der Waals surface area contributed by atoms with E-state index in [0.717, 1.165) is 17.7 Å². The maximum atomic E-state index is 10.4. The van der Waals surface area contributed by atoms with Gasteiger partial charge in [0.1, 0.15) is 17.6 Å². The molecule has 2 rings (SSSR count). The summed E-state index contributed by atoms with van der Waals surface area (Å²) in [7, 11) is 3.33. The summed E-state index contributed by atoms with van der Waals surface area (Å²) in [4.78, 5) is 0. The van der Waals surface area contributed by atoms with Gasteiger partial charge < -0.3 is 14.3 Å². The van der Waals surface area contributed by atoms with Crippen LogP contribution < -0.4 is 4.74 Å². The van der Waals surface area contributed by atoms with Gasteiger partial charge in [-0.2, -0.15) is 5.10 Å². The highest BCUT2D eigenvalue weighted by molar-refractivity contribution is 5.35. The number of aliphatic hydroxyl groups excluding tert-OH is 1. The molecule has 92 valence electrons. The molecule has 2 heterocycles. The lowest BCUT2D eigenvalue weighted by Gasteiger charge is -2.12. The Kier molecular flexibility index (Phi) is 3.19. The normalized spacial score (nSPS) is 12.7. The zero-order chi connectivity index (χ0) is 12.4. The van der Waals surface area contributed by atoms with Crippen LogP contribution in [0, 0.1) is 0 Å². The summed E-state index contributed by atoms with van der Waals surface area (Å²) in [5, 5.41) is 14.4. The summed E-state index contributed by atoms with van der Waals surface area (Å²) in [6.07, 6.45) is 3.12. The van der Waals surface area contributed by atoms with Crippen LogP contribution in [0.4, 0.5) is 0 Å². The molecule has 0 aliphatic carbocycles. The van der Waals surface area contributed by atoms with Crippen molar-refractivity contribution in [3.8, 4) is 5.75 Å². The number of furan rings is 1. The SMILES string of the molecule is CCc1occc1C(O)c1c(OC)cnn1C. The topological polar surface area (TPSA) is 60.4 Å². The van der Waals surface area contributed by atoms with Crippen LogP contribution in [-0.2, 0) is 13.5 Å². The zero-order valence-electron chi connectivity index (χ0n) is 10.2. The van der Waals surface area contributed by atoms with Gasteiger partial charge in [-0.15, -0.1) is 0 Å². The summed E-state index contributed by atoms with van der Waals surface area (Å²) in [5.74, 6) is 1.35. The minimum absolute atomic E-state index is 0.572. The fraction of sp³-hybridized carbons (Fsp3) is 0.417. The Balaban J connectivity index is 2.43. The van der Waals surface area contributed by atoms with Gasteiger partial charge >= 0.3 is 0 Å². The van der Waals surface area contributed by atoms with Crippen LogP contribution in [0.3, 0.4) is 0 Å². The largest absolute Gasteiger partial charge is 0.493 e.